The van der Waals surface area contributed by atoms with E-state index in [0.29, 0.717) is 0 Å². The van der Waals surface area contributed by atoms with Crippen molar-refractivity contribution < 1.29 is 0 Å². The third-order valence-corrected chi connectivity index (χ3v) is 2.31. The maximum Gasteiger partial charge on any atom is 0.0682 e. The van der Waals surface area contributed by atoms with Gasteiger partial charge in [0.05, 0.1) is 8.07 Å². The fourth-order valence-corrected chi connectivity index (χ4v) is 1.48. The van der Waals surface area contributed by atoms with E-state index in [1.54, 1.807) is 0 Å². The second kappa shape index (κ2) is 3.88. The predicted octanol–water partition coefficient (Wildman–Crippen LogP) is 3.22. The van der Waals surface area contributed by atoms with Crippen molar-refractivity contribution in [3.63, 3.8) is 0 Å². The molecule has 0 aliphatic heterocycles. The summed E-state index contributed by atoms with van der Waals surface area (Å²) in [5.74, 6) is 0. The Morgan fingerprint density at radius 3 is 2.11 bits per heavy atom. The first-order valence-electron chi connectivity index (χ1n) is 3.74. The first-order valence-corrected chi connectivity index (χ1v) is 7.31. The number of rotatable bonds is 3. The Hall–Kier alpha value is -0.0431. The van der Waals surface area contributed by atoms with E-state index in [2.05, 4.69) is 38.3 Å². The van der Waals surface area contributed by atoms with Crippen LogP contribution in [0.5, 0.6) is 0 Å². The molecule has 0 rings (SSSR count). The van der Waals surface area contributed by atoms with Gasteiger partial charge in [-0.05, 0) is 6.42 Å². The Labute approximate surface area is 60.0 Å². The summed E-state index contributed by atoms with van der Waals surface area (Å²) in [5.41, 5.74) is 2.41. The summed E-state index contributed by atoms with van der Waals surface area (Å²) in [6.45, 7) is 9.30. The summed E-state index contributed by atoms with van der Waals surface area (Å²) >= 11 is 0. The summed E-state index contributed by atoms with van der Waals surface area (Å²) in [6.07, 6.45) is 4.86. The van der Waals surface area contributed by atoms with Crippen LogP contribution in [0.3, 0.4) is 0 Å². The first-order chi connectivity index (χ1) is 4.06. The molecule has 0 N–H and O–H groups in total. The zero-order valence-corrected chi connectivity index (χ0v) is 8.07. The van der Waals surface area contributed by atoms with Crippen LogP contribution >= 0.6 is 0 Å². The molecular formula is C8H18Si. The fraction of sp³-hybridized carbons (Fsp3) is 0.750. The molecule has 0 amide bonds. The largest absolute Gasteiger partial charge is 0.0989 e. The number of hydrogen-bond donors (Lipinski definition) is 0. The number of allylic oxidation sites excluding steroid dienone is 1. The fourth-order valence-electron chi connectivity index (χ4n) is 0.604. The highest BCUT2D eigenvalue weighted by atomic mass is 28.3. The molecule has 0 saturated carbocycles. The van der Waals surface area contributed by atoms with Crippen molar-refractivity contribution >= 4 is 8.07 Å². The summed E-state index contributed by atoms with van der Waals surface area (Å²) in [4.78, 5) is 0. The van der Waals surface area contributed by atoms with Crippen LogP contribution in [-0.4, -0.2) is 8.07 Å². The van der Waals surface area contributed by atoms with Gasteiger partial charge in [-0.2, -0.15) is 0 Å². The normalized spacial score (nSPS) is 12.9. The molecule has 0 aromatic heterocycles. The highest BCUT2D eigenvalue weighted by Gasteiger charge is 2.05. The molecule has 0 bridgehead atoms. The predicted molar refractivity (Wildman–Crippen MR) is 47.4 cm³/mol. The highest BCUT2D eigenvalue weighted by molar-refractivity contribution is 6.80. The van der Waals surface area contributed by atoms with Gasteiger partial charge < -0.3 is 0 Å². The van der Waals surface area contributed by atoms with E-state index in [1.807, 2.05) is 0 Å². The second-order valence-corrected chi connectivity index (χ2v) is 8.62. The molecule has 0 atom stereocenters. The maximum absolute atomic E-state index is 2.41. The molecule has 0 aromatic carbocycles. The summed E-state index contributed by atoms with van der Waals surface area (Å²) < 4.78 is 0. The molecule has 54 valence electrons. The van der Waals surface area contributed by atoms with E-state index >= 15 is 0 Å². The lowest BCUT2D eigenvalue weighted by Gasteiger charge is -2.07. The van der Waals surface area contributed by atoms with Crippen LogP contribution in [0.1, 0.15) is 19.8 Å². The minimum absolute atomic E-state index is 0.875. The summed E-state index contributed by atoms with van der Waals surface area (Å²) in [7, 11) is -0.875. The number of unbranched alkanes of at least 4 members (excludes halogenated alkanes) is 1. The van der Waals surface area contributed by atoms with Gasteiger partial charge in [0.15, 0.2) is 0 Å². The second-order valence-electron chi connectivity index (χ2n) is 3.56. The van der Waals surface area contributed by atoms with Crippen LogP contribution in [0.15, 0.2) is 11.8 Å². The van der Waals surface area contributed by atoms with E-state index in [-0.39, 0.29) is 0 Å². The van der Waals surface area contributed by atoms with Gasteiger partial charge in [0.1, 0.15) is 0 Å². The highest BCUT2D eigenvalue weighted by Crippen LogP contribution is 2.02. The van der Waals surface area contributed by atoms with Gasteiger partial charge in [-0.3, -0.25) is 0 Å². The first kappa shape index (κ1) is 8.96. The molecule has 1 heteroatoms. The molecule has 0 spiro atoms. The molecule has 0 aliphatic rings. The Morgan fingerprint density at radius 2 is 1.78 bits per heavy atom. The molecule has 9 heavy (non-hydrogen) atoms. The third-order valence-electron chi connectivity index (χ3n) is 1.07. The monoisotopic (exact) mass is 142 g/mol. The van der Waals surface area contributed by atoms with Crippen LogP contribution in [-0.2, 0) is 0 Å². The van der Waals surface area contributed by atoms with Gasteiger partial charge in [-0.1, -0.05) is 44.8 Å². The van der Waals surface area contributed by atoms with Gasteiger partial charge in [-0.15, -0.1) is 0 Å². The van der Waals surface area contributed by atoms with Crippen molar-refractivity contribution in [2.75, 3.05) is 0 Å². The quantitative estimate of drug-likeness (QED) is 0.531. The zero-order valence-electron chi connectivity index (χ0n) is 7.07. The van der Waals surface area contributed by atoms with Crippen LogP contribution in [0, 0.1) is 0 Å². The average Bonchev–Trinajstić information content (AvgIpc) is 1.63. The Morgan fingerprint density at radius 1 is 1.22 bits per heavy atom. The van der Waals surface area contributed by atoms with Gasteiger partial charge in [-0.25, -0.2) is 0 Å². The zero-order chi connectivity index (χ0) is 7.33. The molecule has 0 radical (unpaired) electrons. The molecule has 0 unspecified atom stereocenters. The van der Waals surface area contributed by atoms with E-state index in [4.69, 9.17) is 0 Å². The molecule has 0 aromatic rings. The molecule has 0 fully saturated rings. The minimum Gasteiger partial charge on any atom is -0.0989 e. The molecule has 0 heterocycles. The van der Waals surface area contributed by atoms with Gasteiger partial charge in [0, 0.05) is 0 Å². The third kappa shape index (κ3) is 7.96. The Bertz CT molecular complexity index is 87.2. The smallest absolute Gasteiger partial charge is 0.0682 e. The van der Waals surface area contributed by atoms with Crippen LogP contribution < -0.4 is 0 Å². The van der Waals surface area contributed by atoms with Gasteiger partial charge >= 0.3 is 0 Å². The average molecular weight is 142 g/mol. The van der Waals surface area contributed by atoms with E-state index < -0.39 is 8.07 Å². The lowest BCUT2D eigenvalue weighted by molar-refractivity contribution is 0.959. The van der Waals surface area contributed by atoms with Crippen LogP contribution in [0.4, 0.5) is 0 Å². The molecule has 0 nitrogen and oxygen atoms in total. The molecule has 0 aliphatic carbocycles. The lowest BCUT2D eigenvalue weighted by Crippen LogP contribution is -2.15. The van der Waals surface area contributed by atoms with Gasteiger partial charge in [0.2, 0.25) is 0 Å². The van der Waals surface area contributed by atoms with Crippen molar-refractivity contribution in [3.8, 4) is 0 Å². The van der Waals surface area contributed by atoms with Crippen LogP contribution in [0.25, 0.3) is 0 Å². The van der Waals surface area contributed by atoms with Gasteiger partial charge in [0.25, 0.3) is 0 Å². The molecule has 0 saturated heterocycles. The standard InChI is InChI=1S/C8H18Si/c1-5-6-7-8-9(2,3)4/h7-8H,5-6H2,1-4H3/b8-7-. The SMILES string of the molecule is CCC/C=C\[Si](C)(C)C. The van der Waals surface area contributed by atoms with E-state index in [9.17, 15) is 0 Å². The van der Waals surface area contributed by atoms with Crippen LogP contribution in [0.2, 0.25) is 19.6 Å². The molecular weight excluding hydrogens is 124 g/mol. The minimum atomic E-state index is -0.875. The van der Waals surface area contributed by atoms with Crippen molar-refractivity contribution in [2.24, 2.45) is 0 Å². The van der Waals surface area contributed by atoms with Crippen molar-refractivity contribution in [1.29, 1.82) is 0 Å². The maximum atomic E-state index is 2.41. The summed E-state index contributed by atoms with van der Waals surface area (Å²) in [5, 5.41) is 0. The number of hydrogen-bond acceptors (Lipinski definition) is 0. The Balaban J connectivity index is 3.45. The van der Waals surface area contributed by atoms with Crippen molar-refractivity contribution in [2.45, 2.75) is 39.4 Å². The van der Waals surface area contributed by atoms with E-state index in [1.165, 1.54) is 12.8 Å². The lowest BCUT2D eigenvalue weighted by atomic mass is 10.3. The summed E-state index contributed by atoms with van der Waals surface area (Å²) in [6, 6.07) is 0. The van der Waals surface area contributed by atoms with Crippen molar-refractivity contribution in [1.82, 2.24) is 0 Å². The van der Waals surface area contributed by atoms with E-state index in [0.717, 1.165) is 0 Å². The van der Waals surface area contributed by atoms with Crippen molar-refractivity contribution in [3.05, 3.63) is 11.8 Å². The Kier molecular flexibility index (Phi) is 3.87. The topological polar surface area (TPSA) is 0 Å².